The van der Waals surface area contributed by atoms with Crippen molar-refractivity contribution in [2.24, 2.45) is 0 Å². The molecule has 35 heavy (non-hydrogen) atoms. The molecule has 0 fully saturated rings. The molecule has 0 spiro atoms. The summed E-state index contributed by atoms with van der Waals surface area (Å²) in [6, 6.07) is 10.1. The van der Waals surface area contributed by atoms with Crippen LogP contribution in [0.5, 0.6) is 0 Å². The number of nitrogens with one attached hydrogen (secondary N) is 4. The molecular formula is C26H35N5O3S. The zero-order chi connectivity index (χ0) is 25.6. The Kier molecular flexibility index (Phi) is 8.69. The molecule has 0 bridgehead atoms. The summed E-state index contributed by atoms with van der Waals surface area (Å²) in [7, 11) is 0. The number of fused-ring (bicyclic) bond motifs is 1. The molecule has 2 aromatic heterocycles. The topological polar surface area (TPSA) is 115 Å². The average Bonchev–Trinajstić information content (AvgIpc) is 3.19. The minimum absolute atomic E-state index is 0.0289. The van der Waals surface area contributed by atoms with Gasteiger partial charge in [0.05, 0.1) is 23.3 Å². The molecule has 188 valence electrons. The zero-order valence-electron chi connectivity index (χ0n) is 20.9. The van der Waals surface area contributed by atoms with E-state index in [1.807, 2.05) is 32.9 Å². The predicted molar refractivity (Wildman–Crippen MR) is 144 cm³/mol. The number of nitrogens with zero attached hydrogens (tertiary/aromatic N) is 1. The van der Waals surface area contributed by atoms with E-state index in [0.717, 1.165) is 5.69 Å². The van der Waals surface area contributed by atoms with Crippen LogP contribution in [-0.4, -0.2) is 46.1 Å². The summed E-state index contributed by atoms with van der Waals surface area (Å²) >= 11 is 1.68. The van der Waals surface area contributed by atoms with Crippen LogP contribution in [0.15, 0.2) is 41.9 Å². The van der Waals surface area contributed by atoms with Crippen LogP contribution < -0.4 is 21.3 Å². The van der Waals surface area contributed by atoms with Crippen molar-refractivity contribution in [3.05, 3.63) is 47.5 Å². The highest BCUT2D eigenvalue weighted by atomic mass is 32.1. The molecule has 0 aliphatic rings. The number of hydrogen-bond donors (Lipinski definition) is 5. The summed E-state index contributed by atoms with van der Waals surface area (Å²) in [6.45, 7) is 9.48. The fourth-order valence-electron chi connectivity index (χ4n) is 3.60. The molecule has 2 heterocycles. The monoisotopic (exact) mass is 497 g/mol. The molecule has 0 aliphatic carbocycles. The quantitative estimate of drug-likeness (QED) is 0.263. The van der Waals surface area contributed by atoms with Crippen LogP contribution in [0.3, 0.4) is 0 Å². The van der Waals surface area contributed by atoms with E-state index in [-0.39, 0.29) is 30.3 Å². The minimum Gasteiger partial charge on any atom is -0.390 e. The smallest absolute Gasteiger partial charge is 0.254 e. The summed E-state index contributed by atoms with van der Waals surface area (Å²) in [5, 5.41) is 25.4. The SMILES string of the molecule is CC(C)Nc1cc(Nc2ccc3ccsc3c2)ncc1C(=O)NCCC(C)NC(=O)CC(C)(C)O. The summed E-state index contributed by atoms with van der Waals surface area (Å²) in [4.78, 5) is 29.3. The maximum atomic E-state index is 12.9. The van der Waals surface area contributed by atoms with Gasteiger partial charge < -0.3 is 26.4 Å². The van der Waals surface area contributed by atoms with Crippen molar-refractivity contribution in [3.63, 3.8) is 0 Å². The van der Waals surface area contributed by atoms with Crippen LogP contribution >= 0.6 is 11.3 Å². The summed E-state index contributed by atoms with van der Waals surface area (Å²) in [5.74, 6) is 0.191. The third-order valence-electron chi connectivity index (χ3n) is 5.18. The molecule has 0 aliphatic heterocycles. The van der Waals surface area contributed by atoms with E-state index in [2.05, 4.69) is 49.8 Å². The standard InChI is InChI=1S/C26H35N5O3S/c1-16(2)29-21-13-23(31-19-7-6-18-9-11-35-22(18)12-19)28-15-20(21)25(33)27-10-8-17(3)30-24(32)14-26(4,5)34/h6-7,9,11-13,15-17,34H,8,10,14H2,1-5H3,(H,27,33)(H,30,32)(H2,28,29,31). The number of hydrogen-bond acceptors (Lipinski definition) is 7. The average molecular weight is 498 g/mol. The Bertz CT molecular complexity index is 1170. The van der Waals surface area contributed by atoms with Gasteiger partial charge in [0, 0.05) is 41.3 Å². The van der Waals surface area contributed by atoms with Gasteiger partial charge in [-0.05, 0) is 70.0 Å². The highest BCUT2D eigenvalue weighted by Crippen LogP contribution is 2.27. The van der Waals surface area contributed by atoms with Crippen LogP contribution in [0.1, 0.15) is 57.8 Å². The molecule has 0 saturated carbocycles. The molecule has 8 nitrogen and oxygen atoms in total. The van der Waals surface area contributed by atoms with Crippen molar-refractivity contribution in [1.82, 2.24) is 15.6 Å². The largest absolute Gasteiger partial charge is 0.390 e. The molecule has 2 amide bonds. The first-order valence-electron chi connectivity index (χ1n) is 11.8. The molecule has 1 aromatic carbocycles. The second kappa shape index (κ2) is 11.5. The normalized spacial score (nSPS) is 12.4. The van der Waals surface area contributed by atoms with E-state index < -0.39 is 5.60 Å². The van der Waals surface area contributed by atoms with Crippen molar-refractivity contribution >= 4 is 50.4 Å². The number of thiophene rings is 1. The molecule has 5 N–H and O–H groups in total. The molecule has 1 unspecified atom stereocenters. The van der Waals surface area contributed by atoms with Crippen LogP contribution in [0, 0.1) is 0 Å². The zero-order valence-corrected chi connectivity index (χ0v) is 21.8. The number of carbonyl (C=O) groups excluding carboxylic acids is 2. The minimum atomic E-state index is -1.05. The van der Waals surface area contributed by atoms with Gasteiger partial charge in [0.15, 0.2) is 0 Å². The van der Waals surface area contributed by atoms with E-state index in [9.17, 15) is 14.7 Å². The van der Waals surface area contributed by atoms with E-state index in [0.29, 0.717) is 30.0 Å². The summed E-state index contributed by atoms with van der Waals surface area (Å²) < 4.78 is 1.19. The third kappa shape index (κ3) is 8.22. The van der Waals surface area contributed by atoms with Gasteiger partial charge in [-0.3, -0.25) is 9.59 Å². The van der Waals surface area contributed by atoms with Crippen molar-refractivity contribution in [1.29, 1.82) is 0 Å². The molecule has 0 radical (unpaired) electrons. The lowest BCUT2D eigenvalue weighted by Crippen LogP contribution is -2.39. The van der Waals surface area contributed by atoms with Gasteiger partial charge in [-0.1, -0.05) is 6.07 Å². The lowest BCUT2D eigenvalue weighted by molar-refractivity contribution is -0.125. The van der Waals surface area contributed by atoms with Gasteiger partial charge in [0.2, 0.25) is 5.91 Å². The Morgan fingerprint density at radius 1 is 1.14 bits per heavy atom. The van der Waals surface area contributed by atoms with Crippen LogP contribution in [0.25, 0.3) is 10.1 Å². The Morgan fingerprint density at radius 2 is 1.91 bits per heavy atom. The van der Waals surface area contributed by atoms with Gasteiger partial charge in [-0.2, -0.15) is 0 Å². The molecular weight excluding hydrogens is 462 g/mol. The van der Waals surface area contributed by atoms with Crippen molar-refractivity contribution in [2.45, 2.75) is 65.1 Å². The number of carbonyl (C=O) groups is 2. The first kappa shape index (κ1) is 26.4. The van der Waals surface area contributed by atoms with Gasteiger partial charge in [0.25, 0.3) is 5.91 Å². The summed E-state index contributed by atoms with van der Waals surface area (Å²) in [5.41, 5.74) is 1.03. The van der Waals surface area contributed by atoms with Gasteiger partial charge >= 0.3 is 0 Å². The first-order valence-corrected chi connectivity index (χ1v) is 12.7. The first-order chi connectivity index (χ1) is 16.5. The van der Waals surface area contributed by atoms with E-state index in [1.165, 1.54) is 10.1 Å². The lowest BCUT2D eigenvalue weighted by atomic mass is 10.0. The van der Waals surface area contributed by atoms with Crippen molar-refractivity contribution in [3.8, 4) is 0 Å². The second-order valence-electron chi connectivity index (χ2n) is 9.71. The molecule has 9 heteroatoms. The number of pyridine rings is 1. The molecule has 3 aromatic rings. The molecule has 3 rings (SSSR count). The van der Waals surface area contributed by atoms with Crippen LogP contribution in [-0.2, 0) is 4.79 Å². The van der Waals surface area contributed by atoms with Gasteiger partial charge in [-0.25, -0.2) is 4.98 Å². The van der Waals surface area contributed by atoms with E-state index in [1.54, 1.807) is 31.4 Å². The maximum Gasteiger partial charge on any atom is 0.254 e. The van der Waals surface area contributed by atoms with Crippen LogP contribution in [0.2, 0.25) is 0 Å². The predicted octanol–water partition coefficient (Wildman–Crippen LogP) is 4.65. The molecule has 1 atom stereocenters. The van der Waals surface area contributed by atoms with Crippen molar-refractivity contribution in [2.75, 3.05) is 17.2 Å². The number of rotatable bonds is 11. The van der Waals surface area contributed by atoms with Crippen LogP contribution in [0.4, 0.5) is 17.2 Å². The lowest BCUT2D eigenvalue weighted by Gasteiger charge is -2.20. The van der Waals surface area contributed by atoms with Crippen molar-refractivity contribution < 1.29 is 14.7 Å². The van der Waals surface area contributed by atoms with E-state index >= 15 is 0 Å². The second-order valence-corrected chi connectivity index (χ2v) is 10.7. The Hall–Kier alpha value is -3.17. The number of anilines is 3. The van der Waals surface area contributed by atoms with Gasteiger partial charge in [-0.15, -0.1) is 11.3 Å². The number of benzene rings is 1. The highest BCUT2D eigenvalue weighted by molar-refractivity contribution is 7.17. The summed E-state index contributed by atoms with van der Waals surface area (Å²) in [6.07, 6.45) is 2.16. The maximum absolute atomic E-state index is 12.9. The Balaban J connectivity index is 1.62. The van der Waals surface area contributed by atoms with E-state index in [4.69, 9.17) is 0 Å². The van der Waals surface area contributed by atoms with Gasteiger partial charge in [0.1, 0.15) is 5.82 Å². The molecule has 0 saturated heterocycles. The fourth-order valence-corrected chi connectivity index (χ4v) is 4.43. The number of aromatic nitrogens is 1. The number of amides is 2. The highest BCUT2D eigenvalue weighted by Gasteiger charge is 2.19. The Labute approximate surface area is 210 Å². The number of aliphatic hydroxyl groups is 1. The third-order valence-corrected chi connectivity index (χ3v) is 6.06. The Morgan fingerprint density at radius 3 is 2.63 bits per heavy atom. The fraction of sp³-hybridized carbons (Fsp3) is 0.423.